The number of carbonyl (C=O) groups excluding carboxylic acids is 1. The molecule has 76 valence electrons. The molecule has 13 heavy (non-hydrogen) atoms. The Bertz CT molecular complexity index is 211. The first-order chi connectivity index (χ1) is 5.83. The summed E-state index contributed by atoms with van der Waals surface area (Å²) in [5.41, 5.74) is -0.0997. The van der Waals surface area contributed by atoms with Gasteiger partial charge in [-0.25, -0.2) is 4.79 Å². The van der Waals surface area contributed by atoms with E-state index in [0.717, 1.165) is 6.42 Å². The van der Waals surface area contributed by atoms with Gasteiger partial charge in [-0.1, -0.05) is 13.5 Å². The van der Waals surface area contributed by atoms with E-state index < -0.39 is 5.72 Å². The van der Waals surface area contributed by atoms with E-state index >= 15 is 0 Å². The highest BCUT2D eigenvalue weighted by Crippen LogP contribution is 2.18. The lowest BCUT2D eigenvalue weighted by molar-refractivity contribution is -0.171. The van der Waals surface area contributed by atoms with Crippen molar-refractivity contribution in [1.29, 1.82) is 0 Å². The highest BCUT2D eigenvalue weighted by molar-refractivity contribution is 5.87. The van der Waals surface area contributed by atoms with E-state index in [2.05, 4.69) is 6.58 Å². The Morgan fingerprint density at radius 2 is 2.00 bits per heavy atom. The van der Waals surface area contributed by atoms with Gasteiger partial charge in [-0.15, -0.1) is 0 Å². The molecule has 0 aromatic carbocycles. The fourth-order valence-corrected chi connectivity index (χ4v) is 0.766. The van der Waals surface area contributed by atoms with Crippen LogP contribution in [-0.4, -0.2) is 30.7 Å². The van der Waals surface area contributed by atoms with Crippen molar-refractivity contribution in [2.24, 2.45) is 0 Å². The van der Waals surface area contributed by atoms with Gasteiger partial charge in [0.25, 0.3) is 0 Å². The predicted octanol–water partition coefficient (Wildman–Crippen LogP) is 1.79. The first kappa shape index (κ1) is 12.2. The third-order valence-corrected chi connectivity index (χ3v) is 2.26. The van der Waals surface area contributed by atoms with Gasteiger partial charge in [-0.2, -0.15) is 0 Å². The van der Waals surface area contributed by atoms with E-state index in [-0.39, 0.29) is 5.97 Å². The van der Waals surface area contributed by atoms with Crippen LogP contribution in [0.15, 0.2) is 12.2 Å². The second kappa shape index (κ2) is 4.42. The van der Waals surface area contributed by atoms with Crippen LogP contribution in [0.25, 0.3) is 0 Å². The fourth-order valence-electron chi connectivity index (χ4n) is 0.766. The number of hydrogen-bond acceptors (Lipinski definition) is 3. The third kappa shape index (κ3) is 3.19. The number of esters is 1. The SMILES string of the molecule is C=C(C)C(=O)OC(C)(CC)N(C)C. The van der Waals surface area contributed by atoms with Crippen LogP contribution in [0, 0.1) is 0 Å². The van der Waals surface area contributed by atoms with Crippen LogP contribution in [0.2, 0.25) is 0 Å². The molecule has 0 aliphatic rings. The second-order valence-corrected chi connectivity index (χ2v) is 3.59. The molecule has 1 unspecified atom stereocenters. The first-order valence-corrected chi connectivity index (χ1v) is 4.39. The van der Waals surface area contributed by atoms with Crippen molar-refractivity contribution in [1.82, 2.24) is 4.90 Å². The molecule has 0 fully saturated rings. The largest absolute Gasteiger partial charge is 0.441 e. The van der Waals surface area contributed by atoms with Crippen LogP contribution in [0.5, 0.6) is 0 Å². The van der Waals surface area contributed by atoms with E-state index in [0.29, 0.717) is 5.57 Å². The number of ether oxygens (including phenoxy) is 1. The maximum absolute atomic E-state index is 11.3. The molecular formula is C10H19NO2. The van der Waals surface area contributed by atoms with Crippen LogP contribution in [0.3, 0.4) is 0 Å². The quantitative estimate of drug-likeness (QED) is 0.380. The summed E-state index contributed by atoms with van der Waals surface area (Å²) in [5, 5.41) is 0. The van der Waals surface area contributed by atoms with E-state index in [1.165, 1.54) is 0 Å². The zero-order valence-corrected chi connectivity index (χ0v) is 9.18. The summed E-state index contributed by atoms with van der Waals surface area (Å²) < 4.78 is 5.30. The lowest BCUT2D eigenvalue weighted by Gasteiger charge is -2.34. The van der Waals surface area contributed by atoms with Gasteiger partial charge in [-0.05, 0) is 34.4 Å². The number of rotatable bonds is 4. The summed E-state index contributed by atoms with van der Waals surface area (Å²) in [4.78, 5) is 13.2. The van der Waals surface area contributed by atoms with Gasteiger partial charge < -0.3 is 4.74 Å². The van der Waals surface area contributed by atoms with Gasteiger partial charge in [0.2, 0.25) is 0 Å². The normalized spacial score (nSPS) is 15.2. The van der Waals surface area contributed by atoms with Crippen LogP contribution in [0.1, 0.15) is 27.2 Å². The predicted molar refractivity (Wildman–Crippen MR) is 53.3 cm³/mol. The van der Waals surface area contributed by atoms with Crippen molar-refractivity contribution in [2.45, 2.75) is 32.9 Å². The Hall–Kier alpha value is -0.830. The molecular weight excluding hydrogens is 166 g/mol. The minimum atomic E-state index is -0.532. The van der Waals surface area contributed by atoms with Crippen LogP contribution in [0.4, 0.5) is 0 Å². The van der Waals surface area contributed by atoms with Gasteiger partial charge in [-0.3, -0.25) is 4.90 Å². The van der Waals surface area contributed by atoms with Crippen LogP contribution in [-0.2, 0) is 9.53 Å². The van der Waals surface area contributed by atoms with Crippen molar-refractivity contribution in [3.63, 3.8) is 0 Å². The summed E-state index contributed by atoms with van der Waals surface area (Å²) in [5.74, 6) is -0.335. The molecule has 0 spiro atoms. The molecule has 0 N–H and O–H groups in total. The Kier molecular flexibility index (Phi) is 4.14. The van der Waals surface area contributed by atoms with Gasteiger partial charge in [0, 0.05) is 5.57 Å². The summed E-state index contributed by atoms with van der Waals surface area (Å²) in [7, 11) is 3.77. The molecule has 0 aliphatic carbocycles. The molecule has 0 aromatic rings. The van der Waals surface area contributed by atoms with E-state index in [9.17, 15) is 4.79 Å². The van der Waals surface area contributed by atoms with Gasteiger partial charge >= 0.3 is 5.97 Å². The molecule has 3 heteroatoms. The molecule has 0 saturated heterocycles. The molecule has 0 bridgehead atoms. The smallest absolute Gasteiger partial charge is 0.334 e. The molecule has 0 saturated carbocycles. The summed E-state index contributed by atoms with van der Waals surface area (Å²) in [6.45, 7) is 9.05. The Morgan fingerprint density at radius 1 is 1.54 bits per heavy atom. The average molecular weight is 185 g/mol. The van der Waals surface area contributed by atoms with E-state index in [4.69, 9.17) is 4.74 Å². The molecule has 0 rings (SSSR count). The zero-order valence-electron chi connectivity index (χ0n) is 9.18. The fraction of sp³-hybridized carbons (Fsp3) is 0.700. The van der Waals surface area contributed by atoms with Gasteiger partial charge in [0.15, 0.2) is 5.72 Å². The molecule has 1 atom stereocenters. The highest BCUT2D eigenvalue weighted by Gasteiger charge is 2.29. The average Bonchev–Trinajstić information content (AvgIpc) is 2.03. The first-order valence-electron chi connectivity index (χ1n) is 4.39. The summed E-state index contributed by atoms with van der Waals surface area (Å²) >= 11 is 0. The third-order valence-electron chi connectivity index (χ3n) is 2.26. The highest BCUT2D eigenvalue weighted by atomic mass is 16.6. The maximum atomic E-state index is 11.3. The van der Waals surface area contributed by atoms with Crippen LogP contribution >= 0.6 is 0 Å². The summed E-state index contributed by atoms with van der Waals surface area (Å²) in [6, 6.07) is 0. The zero-order chi connectivity index (χ0) is 10.6. The number of carbonyl (C=O) groups is 1. The van der Waals surface area contributed by atoms with Crippen molar-refractivity contribution in [2.75, 3.05) is 14.1 Å². The number of nitrogens with zero attached hydrogens (tertiary/aromatic N) is 1. The molecule has 0 heterocycles. The minimum Gasteiger partial charge on any atom is -0.441 e. The van der Waals surface area contributed by atoms with Crippen molar-refractivity contribution >= 4 is 5.97 Å². The Balaban J connectivity index is 4.45. The van der Waals surface area contributed by atoms with Crippen molar-refractivity contribution < 1.29 is 9.53 Å². The van der Waals surface area contributed by atoms with Gasteiger partial charge in [0.05, 0.1) is 0 Å². The van der Waals surface area contributed by atoms with Gasteiger partial charge in [0.1, 0.15) is 0 Å². The molecule has 0 amide bonds. The topological polar surface area (TPSA) is 29.5 Å². The molecule has 0 radical (unpaired) electrons. The lowest BCUT2D eigenvalue weighted by Crippen LogP contribution is -2.44. The number of hydrogen-bond donors (Lipinski definition) is 0. The molecule has 3 nitrogen and oxygen atoms in total. The standard InChI is InChI=1S/C10H19NO2/c1-7-10(4,11(5)6)13-9(12)8(2)3/h2,7H2,1,3-6H3. The van der Waals surface area contributed by atoms with Crippen molar-refractivity contribution in [3.8, 4) is 0 Å². The lowest BCUT2D eigenvalue weighted by atomic mass is 10.1. The molecule has 0 aromatic heterocycles. The van der Waals surface area contributed by atoms with E-state index in [1.54, 1.807) is 6.92 Å². The van der Waals surface area contributed by atoms with Crippen molar-refractivity contribution in [3.05, 3.63) is 12.2 Å². The second-order valence-electron chi connectivity index (χ2n) is 3.59. The van der Waals surface area contributed by atoms with E-state index in [1.807, 2.05) is 32.8 Å². The Morgan fingerprint density at radius 3 is 2.23 bits per heavy atom. The monoisotopic (exact) mass is 185 g/mol. The maximum Gasteiger partial charge on any atom is 0.334 e. The molecule has 0 aliphatic heterocycles. The van der Waals surface area contributed by atoms with Crippen LogP contribution < -0.4 is 0 Å². The summed E-state index contributed by atoms with van der Waals surface area (Å²) in [6.07, 6.45) is 0.749. The minimum absolute atomic E-state index is 0.335. The Labute approximate surface area is 80.4 Å².